The maximum atomic E-state index is 12.6. The zero-order chi connectivity index (χ0) is 24.1. The van der Waals surface area contributed by atoms with Gasteiger partial charge in [-0.15, -0.1) is 0 Å². The highest BCUT2D eigenvalue weighted by Gasteiger charge is 2.23. The van der Waals surface area contributed by atoms with Crippen LogP contribution in [0.1, 0.15) is 34.6 Å². The van der Waals surface area contributed by atoms with Gasteiger partial charge in [-0.1, -0.05) is 26.8 Å². The summed E-state index contributed by atoms with van der Waals surface area (Å²) in [5, 5.41) is 7.96. The predicted molar refractivity (Wildman–Crippen MR) is 124 cm³/mol. The lowest BCUT2D eigenvalue weighted by Crippen LogP contribution is -2.41. The van der Waals surface area contributed by atoms with Gasteiger partial charge in [-0.3, -0.25) is 14.4 Å². The van der Waals surface area contributed by atoms with E-state index in [1.165, 1.54) is 38.1 Å². The van der Waals surface area contributed by atoms with Gasteiger partial charge in [0.2, 0.25) is 27.7 Å². The van der Waals surface area contributed by atoms with Crippen LogP contribution in [0.5, 0.6) is 0 Å². The zero-order valence-electron chi connectivity index (χ0n) is 18.6. The van der Waals surface area contributed by atoms with Crippen molar-refractivity contribution in [3.05, 3.63) is 48.5 Å². The van der Waals surface area contributed by atoms with E-state index >= 15 is 0 Å². The number of anilines is 3. The SMILES string of the molecule is CC(=O)Nc1ccc(S(=O)(=O)N[C@@H](C)C(=O)Nc2cccc(NC(=O)C(C)(C)C)c2)cc1. The van der Waals surface area contributed by atoms with Gasteiger partial charge in [0.05, 0.1) is 10.9 Å². The monoisotopic (exact) mass is 460 g/mol. The summed E-state index contributed by atoms with van der Waals surface area (Å²) in [5.41, 5.74) is 0.801. The first-order valence-corrected chi connectivity index (χ1v) is 11.4. The molecule has 9 nitrogen and oxygen atoms in total. The van der Waals surface area contributed by atoms with E-state index in [4.69, 9.17) is 0 Å². The molecule has 172 valence electrons. The molecule has 0 aliphatic rings. The highest BCUT2D eigenvalue weighted by molar-refractivity contribution is 7.89. The van der Waals surface area contributed by atoms with E-state index < -0.39 is 27.4 Å². The van der Waals surface area contributed by atoms with Crippen LogP contribution in [0.2, 0.25) is 0 Å². The Morgan fingerprint density at radius 3 is 1.94 bits per heavy atom. The fourth-order valence-electron chi connectivity index (χ4n) is 2.52. The predicted octanol–water partition coefficient (Wildman–Crippen LogP) is 2.94. The molecule has 0 bridgehead atoms. The van der Waals surface area contributed by atoms with Crippen LogP contribution in [-0.2, 0) is 24.4 Å². The summed E-state index contributed by atoms with van der Waals surface area (Å²) in [5.74, 6) is -1.01. The molecule has 3 amide bonds. The Bertz CT molecular complexity index is 1110. The van der Waals surface area contributed by atoms with Crippen LogP contribution in [0, 0.1) is 5.41 Å². The normalized spacial score (nSPS) is 12.5. The molecule has 0 aliphatic heterocycles. The molecular weight excluding hydrogens is 432 g/mol. The van der Waals surface area contributed by atoms with Gasteiger partial charge in [0.15, 0.2) is 0 Å². The van der Waals surface area contributed by atoms with Crippen LogP contribution >= 0.6 is 0 Å². The molecule has 0 radical (unpaired) electrons. The van der Waals surface area contributed by atoms with Gasteiger partial charge in [-0.05, 0) is 49.4 Å². The highest BCUT2D eigenvalue weighted by Crippen LogP contribution is 2.20. The van der Waals surface area contributed by atoms with E-state index in [0.717, 1.165) is 0 Å². The molecule has 1 atom stereocenters. The Morgan fingerprint density at radius 1 is 0.844 bits per heavy atom. The summed E-state index contributed by atoms with van der Waals surface area (Å²) < 4.78 is 27.5. The summed E-state index contributed by atoms with van der Waals surface area (Å²) in [6, 6.07) is 11.1. The van der Waals surface area contributed by atoms with E-state index in [-0.39, 0.29) is 16.7 Å². The van der Waals surface area contributed by atoms with Gasteiger partial charge in [-0.25, -0.2) is 8.42 Å². The number of carbonyl (C=O) groups is 3. The van der Waals surface area contributed by atoms with E-state index in [1.54, 1.807) is 45.0 Å². The largest absolute Gasteiger partial charge is 0.326 e. The van der Waals surface area contributed by atoms with Crippen molar-refractivity contribution in [2.45, 2.75) is 45.6 Å². The standard InChI is InChI=1S/C22H28N4O5S/c1-14(26-32(30,31)19-11-9-16(10-12-19)23-15(2)27)20(28)24-17-7-6-8-18(13-17)25-21(29)22(3,4)5/h6-14,26H,1-5H3,(H,23,27)(H,24,28)(H,25,29)/t14-/m0/s1. The lowest BCUT2D eigenvalue weighted by atomic mass is 9.95. The smallest absolute Gasteiger partial charge is 0.242 e. The van der Waals surface area contributed by atoms with Crippen LogP contribution in [0.4, 0.5) is 17.1 Å². The fraction of sp³-hybridized carbons (Fsp3) is 0.318. The minimum Gasteiger partial charge on any atom is -0.326 e. The highest BCUT2D eigenvalue weighted by atomic mass is 32.2. The van der Waals surface area contributed by atoms with Gasteiger partial charge in [0, 0.05) is 29.4 Å². The average Bonchev–Trinajstić information content (AvgIpc) is 2.67. The van der Waals surface area contributed by atoms with Gasteiger partial charge >= 0.3 is 0 Å². The summed E-state index contributed by atoms with van der Waals surface area (Å²) >= 11 is 0. The minimum absolute atomic E-state index is 0.0434. The Kier molecular flexibility index (Phi) is 7.76. The quantitative estimate of drug-likeness (QED) is 0.504. The molecule has 2 aromatic rings. The van der Waals surface area contributed by atoms with E-state index in [0.29, 0.717) is 17.1 Å². The van der Waals surface area contributed by atoms with Crippen molar-refractivity contribution in [3.63, 3.8) is 0 Å². The molecule has 0 heterocycles. The number of carbonyl (C=O) groups excluding carboxylic acids is 3. The van der Waals surface area contributed by atoms with Crippen LogP contribution < -0.4 is 20.7 Å². The fourth-order valence-corrected chi connectivity index (χ4v) is 3.72. The number of nitrogens with one attached hydrogen (secondary N) is 4. The second kappa shape index (κ2) is 9.92. The van der Waals surface area contributed by atoms with E-state index in [2.05, 4.69) is 20.7 Å². The molecule has 2 rings (SSSR count). The molecular formula is C22H28N4O5S. The summed E-state index contributed by atoms with van der Waals surface area (Å²) in [7, 11) is -3.96. The molecule has 2 aromatic carbocycles. The van der Waals surface area contributed by atoms with Crippen molar-refractivity contribution >= 4 is 44.8 Å². The van der Waals surface area contributed by atoms with Crippen LogP contribution in [0.25, 0.3) is 0 Å². The van der Waals surface area contributed by atoms with Crippen molar-refractivity contribution in [3.8, 4) is 0 Å². The second-order valence-electron chi connectivity index (χ2n) is 8.32. The van der Waals surface area contributed by atoms with Crippen LogP contribution in [0.3, 0.4) is 0 Å². The van der Waals surface area contributed by atoms with Crippen LogP contribution in [-0.4, -0.2) is 32.2 Å². The molecule has 0 saturated carbocycles. The lowest BCUT2D eigenvalue weighted by Gasteiger charge is -2.18. The molecule has 0 aliphatic carbocycles. The maximum absolute atomic E-state index is 12.6. The third-order valence-electron chi connectivity index (χ3n) is 4.28. The van der Waals surface area contributed by atoms with Gasteiger partial charge < -0.3 is 16.0 Å². The first-order valence-electron chi connectivity index (χ1n) is 9.90. The summed E-state index contributed by atoms with van der Waals surface area (Å²) in [6.07, 6.45) is 0. The van der Waals surface area contributed by atoms with Gasteiger partial charge in [-0.2, -0.15) is 4.72 Å². The van der Waals surface area contributed by atoms with E-state index in [1.807, 2.05) is 0 Å². The lowest BCUT2D eigenvalue weighted by molar-refractivity contribution is -0.123. The zero-order valence-corrected chi connectivity index (χ0v) is 19.5. The number of rotatable bonds is 7. The molecule has 0 unspecified atom stereocenters. The van der Waals surface area contributed by atoms with Crippen molar-refractivity contribution in [1.82, 2.24) is 4.72 Å². The van der Waals surface area contributed by atoms with Gasteiger partial charge in [0.25, 0.3) is 0 Å². The van der Waals surface area contributed by atoms with Crippen molar-refractivity contribution in [2.75, 3.05) is 16.0 Å². The Hall–Kier alpha value is -3.24. The number of benzene rings is 2. The molecule has 0 saturated heterocycles. The number of sulfonamides is 1. The van der Waals surface area contributed by atoms with Crippen molar-refractivity contribution in [2.24, 2.45) is 5.41 Å². The van der Waals surface area contributed by atoms with Gasteiger partial charge in [0.1, 0.15) is 0 Å². The summed E-state index contributed by atoms with van der Waals surface area (Å²) in [4.78, 5) is 35.7. The third kappa shape index (κ3) is 7.17. The second-order valence-corrected chi connectivity index (χ2v) is 10.0. The minimum atomic E-state index is -3.96. The molecule has 32 heavy (non-hydrogen) atoms. The maximum Gasteiger partial charge on any atom is 0.242 e. The Balaban J connectivity index is 2.04. The van der Waals surface area contributed by atoms with Crippen molar-refractivity contribution in [1.29, 1.82) is 0 Å². The summed E-state index contributed by atoms with van der Waals surface area (Å²) in [6.45, 7) is 8.13. The number of hydrogen-bond donors (Lipinski definition) is 4. The molecule has 0 spiro atoms. The molecule has 0 fully saturated rings. The first kappa shape index (κ1) is 25.0. The Morgan fingerprint density at radius 2 is 1.41 bits per heavy atom. The van der Waals surface area contributed by atoms with Crippen LogP contribution in [0.15, 0.2) is 53.4 Å². The molecule has 4 N–H and O–H groups in total. The Labute approximate surface area is 188 Å². The topological polar surface area (TPSA) is 133 Å². The number of amides is 3. The first-order chi connectivity index (χ1) is 14.8. The van der Waals surface area contributed by atoms with E-state index in [9.17, 15) is 22.8 Å². The van der Waals surface area contributed by atoms with Crippen molar-refractivity contribution < 1.29 is 22.8 Å². The average molecular weight is 461 g/mol. The molecule has 0 aromatic heterocycles. The third-order valence-corrected chi connectivity index (χ3v) is 5.84. The molecule has 10 heteroatoms. The number of hydrogen-bond acceptors (Lipinski definition) is 5.